The number of hydrogen-bond acceptors (Lipinski definition) is 5. The number of amides is 1. The molecule has 1 saturated heterocycles. The van der Waals surface area contributed by atoms with Crippen molar-refractivity contribution in [3.8, 4) is 0 Å². The Bertz CT molecular complexity index is 502. The highest BCUT2D eigenvalue weighted by atomic mass is 16.4. The summed E-state index contributed by atoms with van der Waals surface area (Å²) in [4.78, 5) is 25.2. The predicted octanol–water partition coefficient (Wildman–Crippen LogP) is 0.847. The summed E-state index contributed by atoms with van der Waals surface area (Å²) in [5, 5.41) is 9.16. The van der Waals surface area contributed by atoms with Crippen LogP contribution in [0.5, 0.6) is 0 Å². The van der Waals surface area contributed by atoms with Crippen molar-refractivity contribution in [1.29, 1.82) is 0 Å². The van der Waals surface area contributed by atoms with Crippen molar-refractivity contribution in [2.24, 2.45) is 0 Å². The van der Waals surface area contributed by atoms with Crippen LogP contribution in [0.3, 0.4) is 0 Å². The molecule has 0 aliphatic carbocycles. The molecule has 2 rings (SSSR count). The lowest BCUT2D eigenvalue weighted by molar-refractivity contribution is -0.126. The number of carbonyl (C=O) groups excluding carboxylic acids is 1. The van der Waals surface area contributed by atoms with E-state index in [0.29, 0.717) is 5.89 Å². The Morgan fingerprint density at radius 1 is 1.52 bits per heavy atom. The molecule has 1 aromatic heterocycles. The van der Waals surface area contributed by atoms with Gasteiger partial charge in [0.25, 0.3) is 0 Å². The summed E-state index contributed by atoms with van der Waals surface area (Å²) in [5.74, 6) is 0.236. The molecule has 1 fully saturated rings. The number of aromatic amines is 1. The number of hydrogen-bond donors (Lipinski definition) is 2. The first-order valence-electron chi connectivity index (χ1n) is 7.69. The molecule has 0 radical (unpaired) electrons. The number of unbranched alkanes of at least 4 members (excludes halogenated alkanes) is 1. The van der Waals surface area contributed by atoms with Gasteiger partial charge in [-0.05, 0) is 39.3 Å². The topological polar surface area (TPSA) is 91.2 Å². The van der Waals surface area contributed by atoms with Crippen molar-refractivity contribution < 1.29 is 9.21 Å². The second-order valence-electron chi connectivity index (χ2n) is 5.58. The highest BCUT2D eigenvalue weighted by molar-refractivity contribution is 5.81. The van der Waals surface area contributed by atoms with E-state index in [9.17, 15) is 9.59 Å². The molecule has 0 saturated carbocycles. The zero-order chi connectivity index (χ0) is 15.2. The van der Waals surface area contributed by atoms with E-state index in [0.717, 1.165) is 45.3 Å². The van der Waals surface area contributed by atoms with Gasteiger partial charge in [-0.1, -0.05) is 13.3 Å². The minimum Gasteiger partial charge on any atom is -0.392 e. The number of nitrogens with zero attached hydrogens (tertiary/aromatic N) is 2. The van der Waals surface area contributed by atoms with Crippen LogP contribution in [-0.2, 0) is 4.79 Å². The number of likely N-dealkylation sites (tertiary alicyclic amines) is 1. The van der Waals surface area contributed by atoms with Crippen LogP contribution in [0.1, 0.15) is 51.3 Å². The maximum atomic E-state index is 12.0. The van der Waals surface area contributed by atoms with Crippen molar-refractivity contribution in [1.82, 2.24) is 20.4 Å². The maximum Gasteiger partial charge on any atom is 0.434 e. The van der Waals surface area contributed by atoms with E-state index >= 15 is 0 Å². The average Bonchev–Trinajstić information content (AvgIpc) is 2.93. The standard InChI is InChI=1S/C14H24N4O3/c1-3-4-7-15-12(19)10(2)18-8-5-11(6-9-18)13-16-17-14(20)21-13/h10-11H,3-9H2,1-2H3,(H,15,19)(H,17,20)/t10-/m1/s1. The van der Waals surface area contributed by atoms with Crippen molar-refractivity contribution >= 4 is 5.91 Å². The number of rotatable bonds is 6. The number of H-pyrrole nitrogens is 1. The molecule has 1 aliphatic rings. The first kappa shape index (κ1) is 15.8. The molecule has 1 amide bonds. The summed E-state index contributed by atoms with van der Waals surface area (Å²) in [5.41, 5.74) is 0. The van der Waals surface area contributed by atoms with Gasteiger partial charge in [-0.3, -0.25) is 9.69 Å². The zero-order valence-corrected chi connectivity index (χ0v) is 12.7. The van der Waals surface area contributed by atoms with Crippen LogP contribution < -0.4 is 11.1 Å². The molecule has 0 spiro atoms. The average molecular weight is 296 g/mol. The van der Waals surface area contributed by atoms with Gasteiger partial charge < -0.3 is 9.73 Å². The van der Waals surface area contributed by atoms with Gasteiger partial charge in [-0.2, -0.15) is 0 Å². The SMILES string of the molecule is CCCCNC(=O)[C@@H](C)N1CCC(c2n[nH]c(=O)o2)CC1. The molecule has 2 N–H and O–H groups in total. The Morgan fingerprint density at radius 2 is 2.24 bits per heavy atom. The molecule has 0 bridgehead atoms. The first-order valence-corrected chi connectivity index (χ1v) is 7.69. The van der Waals surface area contributed by atoms with Crippen LogP contribution in [0.25, 0.3) is 0 Å². The summed E-state index contributed by atoms with van der Waals surface area (Å²) in [6, 6.07) is -0.117. The molecule has 1 aromatic rings. The van der Waals surface area contributed by atoms with E-state index in [4.69, 9.17) is 4.42 Å². The lowest BCUT2D eigenvalue weighted by Gasteiger charge is -2.34. The van der Waals surface area contributed by atoms with Gasteiger partial charge in [-0.25, -0.2) is 9.89 Å². The smallest absolute Gasteiger partial charge is 0.392 e. The third kappa shape index (κ3) is 4.17. The van der Waals surface area contributed by atoms with Crippen LogP contribution in [0.2, 0.25) is 0 Å². The Balaban J connectivity index is 1.80. The largest absolute Gasteiger partial charge is 0.434 e. The van der Waals surface area contributed by atoms with Gasteiger partial charge in [0.1, 0.15) is 0 Å². The lowest BCUT2D eigenvalue weighted by atomic mass is 9.96. The van der Waals surface area contributed by atoms with Crippen LogP contribution >= 0.6 is 0 Å². The van der Waals surface area contributed by atoms with Gasteiger partial charge in [0.05, 0.1) is 6.04 Å². The number of nitrogens with one attached hydrogen (secondary N) is 2. The second-order valence-corrected chi connectivity index (χ2v) is 5.58. The molecular formula is C14H24N4O3. The molecular weight excluding hydrogens is 272 g/mol. The summed E-state index contributed by atoms with van der Waals surface area (Å²) < 4.78 is 5.01. The molecule has 118 valence electrons. The summed E-state index contributed by atoms with van der Waals surface area (Å²) in [7, 11) is 0. The van der Waals surface area contributed by atoms with Gasteiger partial charge in [0, 0.05) is 12.5 Å². The Hall–Kier alpha value is -1.63. The van der Waals surface area contributed by atoms with Gasteiger partial charge in [-0.15, -0.1) is 5.10 Å². The van der Waals surface area contributed by atoms with Crippen LogP contribution in [-0.4, -0.2) is 46.7 Å². The fourth-order valence-electron chi connectivity index (χ4n) is 2.65. The Labute approximate surface area is 124 Å². The quantitative estimate of drug-likeness (QED) is 0.759. The van der Waals surface area contributed by atoms with Crippen LogP contribution in [0, 0.1) is 0 Å². The number of aromatic nitrogens is 2. The van der Waals surface area contributed by atoms with E-state index in [-0.39, 0.29) is 17.9 Å². The van der Waals surface area contributed by atoms with Crippen molar-refractivity contribution in [3.05, 3.63) is 16.4 Å². The fraction of sp³-hybridized carbons (Fsp3) is 0.786. The predicted molar refractivity (Wildman–Crippen MR) is 78.1 cm³/mol. The summed E-state index contributed by atoms with van der Waals surface area (Å²) in [6.07, 6.45) is 3.79. The molecule has 0 aromatic carbocycles. The number of piperidine rings is 1. The fourth-order valence-corrected chi connectivity index (χ4v) is 2.65. The van der Waals surface area contributed by atoms with Crippen LogP contribution in [0.15, 0.2) is 9.21 Å². The second kappa shape index (κ2) is 7.40. The minimum absolute atomic E-state index is 0.0909. The van der Waals surface area contributed by atoms with E-state index in [2.05, 4.69) is 27.3 Å². The molecule has 21 heavy (non-hydrogen) atoms. The first-order chi connectivity index (χ1) is 10.1. The highest BCUT2D eigenvalue weighted by Gasteiger charge is 2.29. The molecule has 7 heteroatoms. The maximum absolute atomic E-state index is 12.0. The third-order valence-corrected chi connectivity index (χ3v) is 4.09. The lowest BCUT2D eigenvalue weighted by Crippen LogP contribution is -2.48. The van der Waals surface area contributed by atoms with E-state index < -0.39 is 5.76 Å². The Kier molecular flexibility index (Phi) is 5.55. The molecule has 1 aliphatic heterocycles. The minimum atomic E-state index is -0.504. The van der Waals surface area contributed by atoms with Gasteiger partial charge in [0.2, 0.25) is 11.8 Å². The van der Waals surface area contributed by atoms with Gasteiger partial charge >= 0.3 is 5.76 Å². The molecule has 0 unspecified atom stereocenters. The van der Waals surface area contributed by atoms with E-state index in [1.165, 1.54) is 0 Å². The summed E-state index contributed by atoms with van der Waals surface area (Å²) >= 11 is 0. The van der Waals surface area contributed by atoms with Crippen molar-refractivity contribution in [2.75, 3.05) is 19.6 Å². The monoisotopic (exact) mass is 296 g/mol. The van der Waals surface area contributed by atoms with Gasteiger partial charge in [0.15, 0.2) is 0 Å². The van der Waals surface area contributed by atoms with Crippen LogP contribution in [0.4, 0.5) is 0 Å². The number of carbonyl (C=O) groups is 1. The Morgan fingerprint density at radius 3 is 2.81 bits per heavy atom. The molecule has 2 heterocycles. The van der Waals surface area contributed by atoms with E-state index in [1.54, 1.807) is 0 Å². The normalized spacial score (nSPS) is 18.6. The van der Waals surface area contributed by atoms with Crippen molar-refractivity contribution in [2.45, 2.75) is 51.5 Å². The molecule has 7 nitrogen and oxygen atoms in total. The zero-order valence-electron chi connectivity index (χ0n) is 12.7. The van der Waals surface area contributed by atoms with E-state index in [1.807, 2.05) is 6.92 Å². The van der Waals surface area contributed by atoms with Crippen molar-refractivity contribution in [3.63, 3.8) is 0 Å². The highest BCUT2D eigenvalue weighted by Crippen LogP contribution is 2.26. The third-order valence-electron chi connectivity index (χ3n) is 4.09. The molecule has 1 atom stereocenters. The summed E-state index contributed by atoms with van der Waals surface area (Å²) in [6.45, 7) is 6.41.